The maximum absolute atomic E-state index is 13.5. The Hall–Kier alpha value is -1.95. The van der Waals surface area contributed by atoms with Gasteiger partial charge in [-0.15, -0.1) is 0 Å². The van der Waals surface area contributed by atoms with Gasteiger partial charge in [-0.1, -0.05) is 15.9 Å². The van der Waals surface area contributed by atoms with Crippen LogP contribution in [0.5, 0.6) is 0 Å². The smallest absolute Gasteiger partial charge is 0.258 e. The maximum atomic E-state index is 13.5. The fourth-order valence-electron chi connectivity index (χ4n) is 1.50. The third-order valence-corrected chi connectivity index (χ3v) is 2.91. The van der Waals surface area contributed by atoms with Gasteiger partial charge in [0.2, 0.25) is 0 Å². The first kappa shape index (κ1) is 13.5. The highest BCUT2D eigenvalue weighted by Gasteiger charge is 2.14. The predicted molar refractivity (Wildman–Crippen MR) is 72.9 cm³/mol. The molecule has 0 aliphatic rings. The number of rotatable bonds is 2. The lowest BCUT2D eigenvalue weighted by Gasteiger charge is -2.08. The van der Waals surface area contributed by atoms with Gasteiger partial charge in [0, 0.05) is 10.2 Å². The first-order valence-corrected chi connectivity index (χ1v) is 6.08. The van der Waals surface area contributed by atoms with Gasteiger partial charge in [0.15, 0.2) is 0 Å². The molecule has 6 heteroatoms. The number of carbonyl (C=O) groups is 1. The van der Waals surface area contributed by atoms with E-state index in [-0.39, 0.29) is 16.9 Å². The van der Waals surface area contributed by atoms with Crippen molar-refractivity contribution in [1.29, 1.82) is 0 Å². The minimum atomic E-state index is -0.758. The van der Waals surface area contributed by atoms with Crippen LogP contribution in [0.25, 0.3) is 0 Å². The predicted octanol–water partition coefficient (Wildman–Crippen LogP) is 3.56. The van der Waals surface area contributed by atoms with Gasteiger partial charge in [0.1, 0.15) is 11.6 Å². The zero-order valence-corrected chi connectivity index (χ0v) is 11.2. The monoisotopic (exact) mass is 326 g/mol. The van der Waals surface area contributed by atoms with E-state index in [0.29, 0.717) is 4.47 Å². The van der Waals surface area contributed by atoms with E-state index in [1.807, 2.05) is 0 Å². The SMILES string of the molecule is Nc1ccc(F)c(C(=O)Nc2ccc(Br)cc2F)c1. The van der Waals surface area contributed by atoms with Crippen molar-refractivity contribution in [1.82, 2.24) is 0 Å². The lowest BCUT2D eigenvalue weighted by atomic mass is 10.1. The average Bonchev–Trinajstić information content (AvgIpc) is 2.35. The van der Waals surface area contributed by atoms with Gasteiger partial charge >= 0.3 is 0 Å². The van der Waals surface area contributed by atoms with Crippen molar-refractivity contribution >= 4 is 33.2 Å². The number of nitrogens with two attached hydrogens (primary N) is 1. The van der Waals surface area contributed by atoms with Crippen molar-refractivity contribution in [2.75, 3.05) is 11.1 Å². The van der Waals surface area contributed by atoms with Crippen molar-refractivity contribution in [2.24, 2.45) is 0 Å². The van der Waals surface area contributed by atoms with Crippen LogP contribution in [0.2, 0.25) is 0 Å². The van der Waals surface area contributed by atoms with E-state index in [1.54, 1.807) is 6.07 Å². The summed E-state index contributed by atoms with van der Waals surface area (Å²) in [6.45, 7) is 0. The standard InChI is InChI=1S/C13H9BrF2N2O/c14-7-1-4-12(11(16)5-7)18-13(19)9-6-8(17)2-3-10(9)15/h1-6H,17H2,(H,18,19). The van der Waals surface area contributed by atoms with Gasteiger partial charge in [-0.25, -0.2) is 8.78 Å². The fourth-order valence-corrected chi connectivity index (χ4v) is 1.83. The Bertz CT molecular complexity index is 647. The molecule has 19 heavy (non-hydrogen) atoms. The number of nitrogens with one attached hydrogen (secondary N) is 1. The third kappa shape index (κ3) is 3.08. The summed E-state index contributed by atoms with van der Waals surface area (Å²) in [5.74, 6) is -2.10. The quantitative estimate of drug-likeness (QED) is 0.829. The molecule has 2 aromatic carbocycles. The van der Waals surface area contributed by atoms with E-state index in [2.05, 4.69) is 21.2 Å². The summed E-state index contributed by atoms with van der Waals surface area (Å²) in [7, 11) is 0. The first-order valence-electron chi connectivity index (χ1n) is 5.29. The molecule has 3 N–H and O–H groups in total. The molecule has 1 amide bonds. The van der Waals surface area contributed by atoms with Crippen LogP contribution in [-0.2, 0) is 0 Å². The molecule has 98 valence electrons. The minimum Gasteiger partial charge on any atom is -0.399 e. The number of benzene rings is 2. The second-order valence-electron chi connectivity index (χ2n) is 3.82. The van der Waals surface area contributed by atoms with Crippen molar-refractivity contribution in [2.45, 2.75) is 0 Å². The fraction of sp³-hybridized carbons (Fsp3) is 0. The van der Waals surface area contributed by atoms with E-state index >= 15 is 0 Å². The van der Waals surface area contributed by atoms with Crippen molar-refractivity contribution in [3.8, 4) is 0 Å². The highest BCUT2D eigenvalue weighted by molar-refractivity contribution is 9.10. The largest absolute Gasteiger partial charge is 0.399 e. The topological polar surface area (TPSA) is 55.1 Å². The molecule has 2 aromatic rings. The van der Waals surface area contributed by atoms with Gasteiger partial charge in [-0.05, 0) is 36.4 Å². The lowest BCUT2D eigenvalue weighted by Crippen LogP contribution is -2.15. The molecule has 0 aliphatic carbocycles. The summed E-state index contributed by atoms with van der Waals surface area (Å²) >= 11 is 3.10. The Morgan fingerprint density at radius 1 is 1.11 bits per heavy atom. The Morgan fingerprint density at radius 2 is 1.84 bits per heavy atom. The zero-order valence-electron chi connectivity index (χ0n) is 9.58. The van der Waals surface area contributed by atoms with E-state index in [4.69, 9.17) is 5.73 Å². The Morgan fingerprint density at radius 3 is 2.53 bits per heavy atom. The van der Waals surface area contributed by atoms with Crippen LogP contribution in [0.3, 0.4) is 0 Å². The molecular weight excluding hydrogens is 318 g/mol. The summed E-state index contributed by atoms with van der Waals surface area (Å²) in [6, 6.07) is 7.76. The number of carbonyl (C=O) groups excluding carboxylic acids is 1. The number of nitrogen functional groups attached to an aromatic ring is 1. The molecule has 0 aromatic heterocycles. The van der Waals surface area contributed by atoms with Crippen LogP contribution in [-0.4, -0.2) is 5.91 Å². The van der Waals surface area contributed by atoms with Crippen LogP contribution in [0.4, 0.5) is 20.2 Å². The molecule has 0 aliphatic heterocycles. The minimum absolute atomic E-state index is 0.0324. The Labute approximate surface area is 116 Å². The van der Waals surface area contributed by atoms with Crippen LogP contribution >= 0.6 is 15.9 Å². The molecule has 0 radical (unpaired) electrons. The molecule has 0 saturated heterocycles. The van der Waals surface area contributed by atoms with Crippen molar-refractivity contribution in [3.05, 3.63) is 58.1 Å². The number of amides is 1. The second-order valence-corrected chi connectivity index (χ2v) is 4.73. The third-order valence-electron chi connectivity index (χ3n) is 2.41. The van der Waals surface area contributed by atoms with Gasteiger partial charge in [-0.3, -0.25) is 4.79 Å². The lowest BCUT2D eigenvalue weighted by molar-refractivity contribution is 0.102. The highest BCUT2D eigenvalue weighted by atomic mass is 79.9. The van der Waals surface area contributed by atoms with Gasteiger partial charge in [-0.2, -0.15) is 0 Å². The van der Waals surface area contributed by atoms with Gasteiger partial charge in [0.05, 0.1) is 11.3 Å². The van der Waals surface area contributed by atoms with Crippen LogP contribution in [0, 0.1) is 11.6 Å². The van der Waals surface area contributed by atoms with Crippen LogP contribution in [0.15, 0.2) is 40.9 Å². The first-order chi connectivity index (χ1) is 8.97. The normalized spacial score (nSPS) is 10.3. The molecule has 0 heterocycles. The van der Waals surface area contributed by atoms with Crippen LogP contribution < -0.4 is 11.1 Å². The molecule has 0 unspecified atom stereocenters. The summed E-state index contributed by atoms with van der Waals surface area (Å²) in [5.41, 5.74) is 5.47. The molecule has 0 atom stereocenters. The summed E-state index contributed by atoms with van der Waals surface area (Å²) in [5, 5.41) is 2.29. The van der Waals surface area contributed by atoms with E-state index in [1.165, 1.54) is 24.3 Å². The Kier molecular flexibility index (Phi) is 3.80. The van der Waals surface area contributed by atoms with Crippen molar-refractivity contribution in [3.63, 3.8) is 0 Å². The van der Waals surface area contributed by atoms with Gasteiger partial charge in [0.25, 0.3) is 5.91 Å². The number of halogens is 3. The number of hydrogen-bond donors (Lipinski definition) is 2. The Balaban J connectivity index is 2.28. The molecule has 0 saturated carbocycles. The zero-order chi connectivity index (χ0) is 14.0. The average molecular weight is 327 g/mol. The number of anilines is 2. The molecule has 2 rings (SSSR count). The summed E-state index contributed by atoms with van der Waals surface area (Å²) in [4.78, 5) is 11.8. The van der Waals surface area contributed by atoms with E-state index in [9.17, 15) is 13.6 Å². The second kappa shape index (κ2) is 5.36. The summed E-state index contributed by atoms with van der Waals surface area (Å²) < 4.78 is 27.6. The number of hydrogen-bond acceptors (Lipinski definition) is 2. The van der Waals surface area contributed by atoms with E-state index in [0.717, 1.165) is 6.07 Å². The molecule has 0 fully saturated rings. The molecule has 0 bridgehead atoms. The highest BCUT2D eigenvalue weighted by Crippen LogP contribution is 2.21. The van der Waals surface area contributed by atoms with Crippen LogP contribution in [0.1, 0.15) is 10.4 Å². The van der Waals surface area contributed by atoms with Gasteiger partial charge < -0.3 is 11.1 Å². The maximum Gasteiger partial charge on any atom is 0.258 e. The molecule has 3 nitrogen and oxygen atoms in total. The van der Waals surface area contributed by atoms with E-state index < -0.39 is 17.5 Å². The molecule has 0 spiro atoms. The molecular formula is C13H9BrF2N2O. The van der Waals surface area contributed by atoms with Crippen molar-refractivity contribution < 1.29 is 13.6 Å². The summed E-state index contributed by atoms with van der Waals surface area (Å²) in [6.07, 6.45) is 0.